The summed E-state index contributed by atoms with van der Waals surface area (Å²) in [5, 5.41) is 9.28. The number of hydrogen-bond donors (Lipinski definition) is 0. The predicted molar refractivity (Wildman–Crippen MR) is 110 cm³/mol. The molecule has 3 heterocycles. The van der Waals surface area contributed by atoms with Crippen LogP contribution >= 0.6 is 0 Å². The highest BCUT2D eigenvalue weighted by atomic mass is 15.1. The van der Waals surface area contributed by atoms with Gasteiger partial charge in [0.05, 0.1) is 6.54 Å². The van der Waals surface area contributed by atoms with Gasteiger partial charge in [-0.2, -0.15) is 5.26 Å². The molecule has 0 atom stereocenters. The largest absolute Gasteiger partial charge is 0.308 e. The van der Waals surface area contributed by atoms with Crippen LogP contribution in [0, 0.1) is 18.3 Å². The van der Waals surface area contributed by atoms with E-state index in [1.807, 2.05) is 36.5 Å². The summed E-state index contributed by atoms with van der Waals surface area (Å²) in [6.07, 6.45) is 5.46. The minimum absolute atomic E-state index is 0.445. The molecule has 0 amide bonds. The lowest BCUT2D eigenvalue weighted by Crippen LogP contribution is -2.06. The highest BCUT2D eigenvalue weighted by Crippen LogP contribution is 2.24. The third-order valence-corrected chi connectivity index (χ3v) is 4.91. The highest BCUT2D eigenvalue weighted by Gasteiger charge is 2.13. The average Bonchev–Trinajstić information content (AvgIpc) is 3.07. The molecule has 0 saturated heterocycles. The van der Waals surface area contributed by atoms with E-state index >= 15 is 0 Å². The van der Waals surface area contributed by atoms with Crippen molar-refractivity contribution in [3.63, 3.8) is 0 Å². The molecule has 28 heavy (non-hydrogen) atoms. The number of aryl methyl sites for hydroxylation is 2. The molecule has 0 saturated carbocycles. The molecule has 4 rings (SSSR count). The molecule has 138 valence electrons. The van der Waals surface area contributed by atoms with Crippen LogP contribution < -0.4 is 0 Å². The molecule has 0 spiro atoms. The van der Waals surface area contributed by atoms with E-state index in [-0.39, 0.29) is 0 Å². The van der Waals surface area contributed by atoms with Gasteiger partial charge in [0.25, 0.3) is 0 Å². The van der Waals surface area contributed by atoms with Crippen molar-refractivity contribution in [3.05, 3.63) is 77.5 Å². The number of nitriles is 1. The summed E-state index contributed by atoms with van der Waals surface area (Å²) in [4.78, 5) is 13.6. The Balaban J connectivity index is 1.70. The Morgan fingerprint density at radius 3 is 2.61 bits per heavy atom. The number of benzene rings is 1. The second-order valence-electron chi connectivity index (χ2n) is 6.87. The van der Waals surface area contributed by atoms with Gasteiger partial charge in [-0.25, -0.2) is 15.0 Å². The first-order valence-corrected chi connectivity index (χ1v) is 9.46. The summed E-state index contributed by atoms with van der Waals surface area (Å²) >= 11 is 0. The fourth-order valence-electron chi connectivity index (χ4n) is 3.46. The van der Waals surface area contributed by atoms with Crippen molar-refractivity contribution in [1.29, 1.82) is 5.26 Å². The third-order valence-electron chi connectivity index (χ3n) is 4.91. The van der Waals surface area contributed by atoms with Crippen LogP contribution in [0.5, 0.6) is 0 Å². The predicted octanol–water partition coefficient (Wildman–Crippen LogP) is 4.67. The molecule has 0 N–H and O–H groups in total. The van der Waals surface area contributed by atoms with E-state index in [9.17, 15) is 5.26 Å². The first-order chi connectivity index (χ1) is 13.7. The Morgan fingerprint density at radius 1 is 1.04 bits per heavy atom. The zero-order chi connectivity index (χ0) is 19.5. The SMILES string of the molecule is CCCc1nc2c(C)ccnc2n1Cc1ccc(-c2cccnc2C#N)cc1. The maximum Gasteiger partial charge on any atom is 0.160 e. The Labute approximate surface area is 164 Å². The Hall–Kier alpha value is -3.52. The second-order valence-corrected chi connectivity index (χ2v) is 6.87. The smallest absolute Gasteiger partial charge is 0.160 e. The van der Waals surface area contributed by atoms with Crippen molar-refractivity contribution in [2.75, 3.05) is 0 Å². The molecule has 5 nitrogen and oxygen atoms in total. The molecule has 4 aromatic rings. The van der Waals surface area contributed by atoms with Gasteiger partial charge >= 0.3 is 0 Å². The molecule has 3 aromatic heterocycles. The van der Waals surface area contributed by atoms with E-state index in [1.165, 1.54) is 5.56 Å². The lowest BCUT2D eigenvalue weighted by atomic mass is 10.0. The molecule has 0 aliphatic carbocycles. The summed E-state index contributed by atoms with van der Waals surface area (Å²) in [6.45, 7) is 4.96. The van der Waals surface area contributed by atoms with Crippen molar-refractivity contribution >= 4 is 11.2 Å². The fourth-order valence-corrected chi connectivity index (χ4v) is 3.46. The van der Waals surface area contributed by atoms with E-state index in [0.29, 0.717) is 5.69 Å². The molecule has 0 unspecified atom stereocenters. The van der Waals surface area contributed by atoms with Crippen LogP contribution in [0.25, 0.3) is 22.3 Å². The number of rotatable bonds is 5. The molecule has 0 bridgehead atoms. The molecule has 0 aliphatic heterocycles. The molecule has 5 heteroatoms. The van der Waals surface area contributed by atoms with Crippen molar-refractivity contribution < 1.29 is 0 Å². The van der Waals surface area contributed by atoms with Gasteiger partial charge in [-0.1, -0.05) is 31.2 Å². The first-order valence-electron chi connectivity index (χ1n) is 9.46. The zero-order valence-electron chi connectivity index (χ0n) is 16.1. The summed E-state index contributed by atoms with van der Waals surface area (Å²) in [6, 6.07) is 16.2. The van der Waals surface area contributed by atoms with Crippen LogP contribution in [0.15, 0.2) is 54.9 Å². The fraction of sp³-hybridized carbons (Fsp3) is 0.217. The van der Waals surface area contributed by atoms with Crippen LogP contribution in [0.1, 0.15) is 36.0 Å². The quantitative estimate of drug-likeness (QED) is 0.514. The maximum atomic E-state index is 9.28. The standard InChI is InChI=1S/C23H21N5/c1-3-5-21-27-22-16(2)11-13-26-23(22)28(21)15-17-7-9-18(10-8-17)19-6-4-12-25-20(19)14-24/h4,6-13H,3,5,15H2,1-2H3. The molecule has 0 fully saturated rings. The maximum absolute atomic E-state index is 9.28. The number of pyridine rings is 2. The number of nitrogens with zero attached hydrogens (tertiary/aromatic N) is 5. The zero-order valence-corrected chi connectivity index (χ0v) is 16.1. The van der Waals surface area contributed by atoms with Crippen molar-refractivity contribution in [1.82, 2.24) is 19.5 Å². The Morgan fingerprint density at radius 2 is 1.86 bits per heavy atom. The van der Waals surface area contributed by atoms with E-state index in [2.05, 4.69) is 46.6 Å². The summed E-state index contributed by atoms with van der Waals surface area (Å²) in [7, 11) is 0. The van der Waals surface area contributed by atoms with Gasteiger partial charge in [-0.05, 0) is 48.2 Å². The van der Waals surface area contributed by atoms with Crippen LogP contribution in [0.2, 0.25) is 0 Å². The number of imidazole rings is 1. The second kappa shape index (κ2) is 7.61. The van der Waals surface area contributed by atoms with Crippen LogP contribution in [0.3, 0.4) is 0 Å². The lowest BCUT2D eigenvalue weighted by Gasteiger charge is -2.10. The molecular formula is C23H21N5. The van der Waals surface area contributed by atoms with Gasteiger partial charge in [-0.3, -0.25) is 0 Å². The minimum atomic E-state index is 0.445. The summed E-state index contributed by atoms with van der Waals surface area (Å²) in [5.41, 5.74) is 6.53. The Bertz CT molecular complexity index is 1170. The van der Waals surface area contributed by atoms with Crippen molar-refractivity contribution in [2.24, 2.45) is 0 Å². The lowest BCUT2D eigenvalue weighted by molar-refractivity contribution is 0.717. The van der Waals surface area contributed by atoms with Crippen molar-refractivity contribution in [2.45, 2.75) is 33.2 Å². The summed E-state index contributed by atoms with van der Waals surface area (Å²) < 4.78 is 2.21. The molecule has 0 aliphatic rings. The van der Waals surface area contributed by atoms with E-state index in [0.717, 1.165) is 53.1 Å². The van der Waals surface area contributed by atoms with E-state index in [1.54, 1.807) is 6.20 Å². The minimum Gasteiger partial charge on any atom is -0.308 e. The van der Waals surface area contributed by atoms with Gasteiger partial charge in [-0.15, -0.1) is 0 Å². The van der Waals surface area contributed by atoms with Gasteiger partial charge < -0.3 is 4.57 Å². The molecule has 1 aromatic carbocycles. The highest BCUT2D eigenvalue weighted by molar-refractivity contribution is 5.75. The van der Waals surface area contributed by atoms with Gasteiger partial charge in [0, 0.05) is 24.4 Å². The van der Waals surface area contributed by atoms with E-state index in [4.69, 9.17) is 4.98 Å². The normalized spacial score (nSPS) is 10.9. The Kier molecular flexibility index (Phi) is 4.86. The topological polar surface area (TPSA) is 67.4 Å². The van der Waals surface area contributed by atoms with Crippen LogP contribution in [-0.2, 0) is 13.0 Å². The monoisotopic (exact) mass is 367 g/mol. The number of hydrogen-bond acceptors (Lipinski definition) is 4. The van der Waals surface area contributed by atoms with Gasteiger partial charge in [0.2, 0.25) is 0 Å². The summed E-state index contributed by atoms with van der Waals surface area (Å²) in [5.74, 6) is 1.07. The van der Waals surface area contributed by atoms with E-state index < -0.39 is 0 Å². The van der Waals surface area contributed by atoms with Crippen LogP contribution in [0.4, 0.5) is 0 Å². The molecule has 0 radical (unpaired) electrons. The average molecular weight is 367 g/mol. The van der Waals surface area contributed by atoms with Crippen LogP contribution in [-0.4, -0.2) is 19.5 Å². The molecular weight excluding hydrogens is 346 g/mol. The number of fused-ring (bicyclic) bond motifs is 1. The van der Waals surface area contributed by atoms with Gasteiger partial charge in [0.15, 0.2) is 5.65 Å². The van der Waals surface area contributed by atoms with Gasteiger partial charge in [0.1, 0.15) is 23.1 Å². The first kappa shape index (κ1) is 17.9. The third kappa shape index (κ3) is 3.25. The number of aromatic nitrogens is 4. The van der Waals surface area contributed by atoms with Crippen molar-refractivity contribution in [3.8, 4) is 17.2 Å².